The maximum Gasteiger partial charge on any atom is 0.213 e. The predicted octanol–water partition coefficient (Wildman–Crippen LogP) is 10.4. The van der Waals surface area contributed by atoms with Gasteiger partial charge in [-0.1, -0.05) is 41.5 Å². The molecular formula is C50H84N6O5. The topological polar surface area (TPSA) is 121 Å². The maximum atomic E-state index is 6.48. The Morgan fingerprint density at radius 1 is 0.557 bits per heavy atom. The van der Waals surface area contributed by atoms with Crippen LogP contribution < -0.4 is 39.6 Å². The first-order valence-electron chi connectivity index (χ1n) is 22.6. The number of ether oxygens (including phenoxy) is 5. The Hall–Kier alpha value is -3.67. The molecule has 0 saturated heterocycles. The highest BCUT2D eigenvalue weighted by molar-refractivity contribution is 5.28. The Morgan fingerprint density at radius 2 is 1.16 bits per heavy atom. The van der Waals surface area contributed by atoms with Crippen LogP contribution in [0.2, 0.25) is 0 Å². The van der Waals surface area contributed by atoms with E-state index < -0.39 is 0 Å². The number of pyridine rings is 3. The standard InChI is InChI=1S/C50H84N6O5/c1-37(21-28-54-46(6,7)8)60-39-22-27-51-42(31-39)50(16,26-24-49(14,15)55-29-30-57-43-19-17-40(33-52-43)58-35-45(3,4)5)25-23-48(12,13)36-59-41-18-20-44(53-34-41)61-38(2)32-56-47(9,10)11/h17-20,22,27,31,33-34,37-38,54-56H,21,23-26,28-30,32,35-36H2,1-16H3/t37?,38-,50?/m1/s1. The molecule has 0 amide bonds. The number of hydrogen-bond acceptors (Lipinski definition) is 11. The van der Waals surface area contributed by atoms with Crippen LogP contribution in [-0.4, -0.2) is 83.2 Å². The molecule has 0 aromatic carbocycles. The zero-order valence-corrected chi connectivity index (χ0v) is 41.0. The predicted molar refractivity (Wildman–Crippen MR) is 251 cm³/mol. The van der Waals surface area contributed by atoms with Crippen LogP contribution in [0.1, 0.15) is 149 Å². The molecule has 0 fully saturated rings. The molecule has 0 radical (unpaired) electrons. The second-order valence-corrected chi connectivity index (χ2v) is 22.0. The summed E-state index contributed by atoms with van der Waals surface area (Å²) in [7, 11) is 0. The highest BCUT2D eigenvalue weighted by atomic mass is 16.5. The Kier molecular flexibility index (Phi) is 19.2. The number of aromatic nitrogens is 3. The summed E-state index contributed by atoms with van der Waals surface area (Å²) in [5.41, 5.74) is 0.764. The van der Waals surface area contributed by atoms with Crippen molar-refractivity contribution in [1.82, 2.24) is 30.9 Å². The first kappa shape index (κ1) is 51.7. The van der Waals surface area contributed by atoms with Gasteiger partial charge >= 0.3 is 0 Å². The zero-order valence-electron chi connectivity index (χ0n) is 41.0. The molecule has 3 rings (SSSR count). The van der Waals surface area contributed by atoms with Crippen LogP contribution in [0.4, 0.5) is 0 Å². The van der Waals surface area contributed by atoms with Gasteiger partial charge in [0.05, 0.1) is 31.7 Å². The van der Waals surface area contributed by atoms with Gasteiger partial charge in [-0.15, -0.1) is 0 Å². The van der Waals surface area contributed by atoms with Crippen molar-refractivity contribution < 1.29 is 23.7 Å². The Morgan fingerprint density at radius 3 is 1.75 bits per heavy atom. The van der Waals surface area contributed by atoms with E-state index in [-0.39, 0.29) is 45.1 Å². The molecule has 61 heavy (non-hydrogen) atoms. The first-order chi connectivity index (χ1) is 28.2. The summed E-state index contributed by atoms with van der Waals surface area (Å²) in [6, 6.07) is 11.8. The third-order valence-electron chi connectivity index (χ3n) is 10.5. The summed E-state index contributed by atoms with van der Waals surface area (Å²) < 4.78 is 30.7. The van der Waals surface area contributed by atoms with E-state index in [0.29, 0.717) is 38.1 Å². The van der Waals surface area contributed by atoms with Gasteiger partial charge in [0, 0.05) is 65.2 Å². The molecule has 0 saturated carbocycles. The van der Waals surface area contributed by atoms with Crippen LogP contribution in [0.3, 0.4) is 0 Å². The number of nitrogens with zero attached hydrogens (tertiary/aromatic N) is 3. The lowest BCUT2D eigenvalue weighted by Gasteiger charge is -2.37. The fraction of sp³-hybridized carbons (Fsp3) is 0.700. The van der Waals surface area contributed by atoms with Gasteiger partial charge in [0.2, 0.25) is 11.8 Å². The Labute approximate surface area is 370 Å². The summed E-state index contributed by atoms with van der Waals surface area (Å²) in [5.74, 6) is 3.52. The van der Waals surface area contributed by atoms with Crippen molar-refractivity contribution in [2.24, 2.45) is 10.8 Å². The molecule has 2 unspecified atom stereocenters. The van der Waals surface area contributed by atoms with Gasteiger partial charge in [-0.05, 0) is 137 Å². The summed E-state index contributed by atoms with van der Waals surface area (Å²) in [4.78, 5) is 14.0. The number of nitrogens with one attached hydrogen (secondary N) is 3. The third kappa shape index (κ3) is 21.8. The fourth-order valence-electron chi connectivity index (χ4n) is 6.38. The lowest BCUT2D eigenvalue weighted by atomic mass is 9.72. The van der Waals surface area contributed by atoms with Crippen molar-refractivity contribution >= 4 is 0 Å². The second kappa shape index (κ2) is 22.6. The molecule has 0 aliphatic rings. The van der Waals surface area contributed by atoms with E-state index in [9.17, 15) is 0 Å². The molecular weight excluding hydrogens is 765 g/mol. The van der Waals surface area contributed by atoms with Crippen LogP contribution >= 0.6 is 0 Å². The van der Waals surface area contributed by atoms with Crippen LogP contribution in [0, 0.1) is 10.8 Å². The minimum absolute atomic E-state index is 0.00585. The van der Waals surface area contributed by atoms with E-state index in [1.165, 1.54) is 0 Å². The maximum absolute atomic E-state index is 6.48. The van der Waals surface area contributed by atoms with Crippen molar-refractivity contribution in [2.45, 2.75) is 177 Å². The molecule has 3 aromatic rings. The van der Waals surface area contributed by atoms with Gasteiger partial charge in [0.25, 0.3) is 0 Å². The molecule has 3 aromatic heterocycles. The normalized spacial score (nSPS) is 14.8. The smallest absolute Gasteiger partial charge is 0.213 e. The monoisotopic (exact) mass is 849 g/mol. The van der Waals surface area contributed by atoms with E-state index >= 15 is 0 Å². The van der Waals surface area contributed by atoms with E-state index in [4.69, 9.17) is 28.7 Å². The summed E-state index contributed by atoms with van der Waals surface area (Å²) in [6.45, 7) is 39.1. The van der Waals surface area contributed by atoms with E-state index in [2.05, 4.69) is 136 Å². The van der Waals surface area contributed by atoms with Crippen molar-refractivity contribution in [2.75, 3.05) is 39.5 Å². The third-order valence-corrected chi connectivity index (χ3v) is 10.5. The van der Waals surface area contributed by atoms with E-state index in [0.717, 1.165) is 68.1 Å². The molecule has 0 bridgehead atoms. The largest absolute Gasteiger partial charge is 0.491 e. The average molecular weight is 849 g/mol. The molecule has 11 heteroatoms. The highest BCUT2D eigenvalue weighted by Gasteiger charge is 2.34. The summed E-state index contributed by atoms with van der Waals surface area (Å²) >= 11 is 0. The lowest BCUT2D eigenvalue weighted by molar-refractivity contribution is 0.150. The molecule has 3 N–H and O–H groups in total. The quantitative estimate of drug-likeness (QED) is 0.0670. The lowest BCUT2D eigenvalue weighted by Crippen LogP contribution is -2.43. The van der Waals surface area contributed by atoms with Crippen molar-refractivity contribution in [3.63, 3.8) is 0 Å². The van der Waals surface area contributed by atoms with Crippen LogP contribution in [-0.2, 0) is 5.41 Å². The number of hydrogen-bond donors (Lipinski definition) is 3. The molecule has 11 nitrogen and oxygen atoms in total. The first-order valence-corrected chi connectivity index (χ1v) is 22.6. The minimum Gasteiger partial charge on any atom is -0.491 e. The van der Waals surface area contributed by atoms with Gasteiger partial charge in [0.15, 0.2) is 0 Å². The molecule has 0 aliphatic heterocycles. The van der Waals surface area contributed by atoms with Crippen molar-refractivity contribution in [3.8, 4) is 29.0 Å². The average Bonchev–Trinajstić information content (AvgIpc) is 3.16. The van der Waals surface area contributed by atoms with Crippen molar-refractivity contribution in [1.29, 1.82) is 0 Å². The summed E-state index contributed by atoms with van der Waals surface area (Å²) in [6.07, 6.45) is 10.1. The fourth-order valence-corrected chi connectivity index (χ4v) is 6.38. The summed E-state index contributed by atoms with van der Waals surface area (Å²) in [5, 5.41) is 10.8. The Balaban J connectivity index is 1.64. The van der Waals surface area contributed by atoms with Crippen LogP contribution in [0.25, 0.3) is 0 Å². The van der Waals surface area contributed by atoms with Gasteiger partial charge < -0.3 is 39.6 Å². The second-order valence-electron chi connectivity index (χ2n) is 22.0. The van der Waals surface area contributed by atoms with Gasteiger partial charge in [-0.25, -0.2) is 9.97 Å². The van der Waals surface area contributed by atoms with Crippen LogP contribution in [0.5, 0.6) is 29.0 Å². The minimum atomic E-state index is -0.219. The zero-order chi connectivity index (χ0) is 45.5. The molecule has 3 heterocycles. The molecule has 3 atom stereocenters. The highest BCUT2D eigenvalue weighted by Crippen LogP contribution is 2.39. The van der Waals surface area contributed by atoms with Gasteiger partial charge in [-0.2, -0.15) is 0 Å². The van der Waals surface area contributed by atoms with Gasteiger partial charge in [-0.3, -0.25) is 4.98 Å². The SMILES string of the molecule is CC(CCNC(C)(C)C)Oc1ccnc(C(C)(CCC(C)(C)COc2ccc(O[C@H](C)CNC(C)(C)C)nc2)CCC(C)(C)NCCOc2ccc(OCC(C)(C)C)cn2)c1. The van der Waals surface area contributed by atoms with Crippen LogP contribution in [0.15, 0.2) is 55.0 Å². The van der Waals surface area contributed by atoms with E-state index in [1.807, 2.05) is 43.5 Å². The molecule has 0 spiro atoms. The van der Waals surface area contributed by atoms with Crippen molar-refractivity contribution in [3.05, 3.63) is 60.7 Å². The number of rotatable bonds is 26. The Bertz CT molecular complexity index is 1700. The molecule has 344 valence electrons. The van der Waals surface area contributed by atoms with E-state index in [1.54, 1.807) is 12.4 Å². The van der Waals surface area contributed by atoms with Gasteiger partial charge in [0.1, 0.15) is 30.0 Å². The molecule has 0 aliphatic carbocycles.